The third-order valence-corrected chi connectivity index (χ3v) is 3.91. The van der Waals surface area contributed by atoms with E-state index in [2.05, 4.69) is 20.6 Å². The van der Waals surface area contributed by atoms with E-state index in [4.69, 9.17) is 4.74 Å². The van der Waals surface area contributed by atoms with Crippen LogP contribution in [0, 0.1) is 10.1 Å². The molecule has 0 saturated heterocycles. The molecule has 2 N–H and O–H groups in total. The van der Waals surface area contributed by atoms with Gasteiger partial charge in [0.2, 0.25) is 0 Å². The van der Waals surface area contributed by atoms with Crippen molar-refractivity contribution in [3.8, 4) is 5.75 Å². The van der Waals surface area contributed by atoms with E-state index in [1.807, 2.05) is 31.2 Å². The van der Waals surface area contributed by atoms with Gasteiger partial charge in [-0.3, -0.25) is 10.1 Å². The highest BCUT2D eigenvalue weighted by atomic mass is 16.6. The number of hydrogen-bond donors (Lipinski definition) is 2. The second-order valence-electron chi connectivity index (χ2n) is 5.60. The number of nitro groups is 1. The Morgan fingerprint density at radius 1 is 1.19 bits per heavy atom. The fraction of sp³-hybridized carbons (Fsp3) is 0.222. The summed E-state index contributed by atoms with van der Waals surface area (Å²) in [7, 11) is 1.62. The van der Waals surface area contributed by atoms with E-state index in [1.54, 1.807) is 13.2 Å². The molecule has 134 valence electrons. The van der Waals surface area contributed by atoms with Crippen molar-refractivity contribution in [1.29, 1.82) is 0 Å². The van der Waals surface area contributed by atoms with E-state index in [-0.39, 0.29) is 5.69 Å². The Balaban J connectivity index is 1.95. The molecule has 26 heavy (non-hydrogen) atoms. The number of ether oxygens (including phenoxy) is 1. The number of nitrogens with zero attached hydrogens (tertiary/aromatic N) is 3. The van der Waals surface area contributed by atoms with Crippen molar-refractivity contribution in [2.75, 3.05) is 24.3 Å². The van der Waals surface area contributed by atoms with Crippen LogP contribution in [-0.4, -0.2) is 28.5 Å². The fourth-order valence-corrected chi connectivity index (χ4v) is 2.68. The van der Waals surface area contributed by atoms with E-state index < -0.39 is 4.92 Å². The molecule has 0 atom stereocenters. The quantitative estimate of drug-likeness (QED) is 0.494. The molecular formula is C18H19N5O3. The summed E-state index contributed by atoms with van der Waals surface area (Å²) in [6, 6.07) is 10.8. The summed E-state index contributed by atoms with van der Waals surface area (Å²) in [4.78, 5) is 19.5. The fourth-order valence-electron chi connectivity index (χ4n) is 2.68. The van der Waals surface area contributed by atoms with Crippen LogP contribution in [0.1, 0.15) is 12.5 Å². The van der Waals surface area contributed by atoms with Crippen LogP contribution in [0.2, 0.25) is 0 Å². The summed E-state index contributed by atoms with van der Waals surface area (Å²) < 4.78 is 5.22. The smallest absolute Gasteiger partial charge is 0.293 e. The molecule has 0 amide bonds. The molecular weight excluding hydrogens is 334 g/mol. The monoisotopic (exact) mass is 353 g/mol. The molecule has 0 aliphatic heterocycles. The van der Waals surface area contributed by atoms with Crippen LogP contribution < -0.4 is 15.4 Å². The number of nitrogens with one attached hydrogen (secondary N) is 2. The van der Waals surface area contributed by atoms with Crippen molar-refractivity contribution in [3.63, 3.8) is 0 Å². The molecule has 1 aromatic heterocycles. The van der Waals surface area contributed by atoms with Gasteiger partial charge in [0.05, 0.1) is 17.5 Å². The first kappa shape index (κ1) is 17.4. The van der Waals surface area contributed by atoms with Gasteiger partial charge in [0.25, 0.3) is 5.69 Å². The number of benzene rings is 2. The number of aromatic nitrogens is 2. The van der Waals surface area contributed by atoms with Gasteiger partial charge in [0.15, 0.2) is 0 Å². The van der Waals surface area contributed by atoms with Gasteiger partial charge in [-0.05, 0) is 30.7 Å². The second kappa shape index (κ2) is 7.64. The van der Waals surface area contributed by atoms with Crippen LogP contribution in [0.15, 0.2) is 42.7 Å². The zero-order valence-corrected chi connectivity index (χ0v) is 14.5. The van der Waals surface area contributed by atoms with Crippen LogP contribution in [0.5, 0.6) is 5.75 Å². The van der Waals surface area contributed by atoms with Crippen LogP contribution in [-0.2, 0) is 6.54 Å². The maximum Gasteiger partial charge on any atom is 0.293 e. The molecule has 0 aliphatic rings. The summed E-state index contributed by atoms with van der Waals surface area (Å²) in [6.07, 6.45) is 1.44. The van der Waals surface area contributed by atoms with Crippen molar-refractivity contribution in [3.05, 3.63) is 58.4 Å². The average Bonchev–Trinajstić information content (AvgIpc) is 2.66. The Bertz CT molecular complexity index is 945. The Hall–Kier alpha value is -3.42. The van der Waals surface area contributed by atoms with Crippen LogP contribution in [0.4, 0.5) is 17.2 Å². The van der Waals surface area contributed by atoms with Crippen molar-refractivity contribution < 1.29 is 9.66 Å². The standard InChI is InChI=1S/C18H19N5O3/c1-3-19-16-9-15-14(8-17(16)23(24)25)18(22-11-21-15)20-10-12-5-4-6-13(7-12)26-2/h4-9,11,19H,3,10H2,1-2H3,(H,20,21,22). The molecule has 0 aliphatic carbocycles. The topological polar surface area (TPSA) is 102 Å². The van der Waals surface area contributed by atoms with E-state index in [9.17, 15) is 10.1 Å². The number of nitro benzene ring substituents is 1. The van der Waals surface area contributed by atoms with Crippen LogP contribution in [0.3, 0.4) is 0 Å². The maximum atomic E-state index is 11.4. The van der Waals surface area contributed by atoms with E-state index in [0.717, 1.165) is 11.3 Å². The highest BCUT2D eigenvalue weighted by molar-refractivity contribution is 5.94. The summed E-state index contributed by atoms with van der Waals surface area (Å²) in [5.41, 5.74) is 2.09. The predicted molar refractivity (Wildman–Crippen MR) is 101 cm³/mol. The normalized spacial score (nSPS) is 10.5. The van der Waals surface area contributed by atoms with Gasteiger partial charge >= 0.3 is 0 Å². The zero-order chi connectivity index (χ0) is 18.5. The number of rotatable bonds is 7. The molecule has 0 unspecified atom stereocenters. The lowest BCUT2D eigenvalue weighted by atomic mass is 10.1. The van der Waals surface area contributed by atoms with Crippen molar-refractivity contribution in [2.24, 2.45) is 0 Å². The van der Waals surface area contributed by atoms with Crippen molar-refractivity contribution in [1.82, 2.24) is 9.97 Å². The van der Waals surface area contributed by atoms with E-state index in [1.165, 1.54) is 12.4 Å². The molecule has 0 bridgehead atoms. The number of hydrogen-bond acceptors (Lipinski definition) is 7. The third-order valence-electron chi connectivity index (χ3n) is 3.91. The minimum Gasteiger partial charge on any atom is -0.497 e. The number of anilines is 2. The van der Waals surface area contributed by atoms with Gasteiger partial charge in [0.1, 0.15) is 23.6 Å². The first-order valence-corrected chi connectivity index (χ1v) is 8.16. The molecule has 0 spiro atoms. The van der Waals surface area contributed by atoms with Gasteiger partial charge in [-0.2, -0.15) is 0 Å². The molecule has 0 saturated carbocycles. The highest BCUT2D eigenvalue weighted by Gasteiger charge is 2.17. The van der Waals surface area contributed by atoms with Gasteiger partial charge in [-0.25, -0.2) is 9.97 Å². The number of fused-ring (bicyclic) bond motifs is 1. The summed E-state index contributed by atoms with van der Waals surface area (Å²) in [5.74, 6) is 1.31. The summed E-state index contributed by atoms with van der Waals surface area (Å²) in [5, 5.41) is 18.2. The Morgan fingerprint density at radius 3 is 2.77 bits per heavy atom. The van der Waals surface area contributed by atoms with Gasteiger partial charge in [0, 0.05) is 24.5 Å². The minimum atomic E-state index is -0.406. The van der Waals surface area contributed by atoms with Crippen molar-refractivity contribution in [2.45, 2.75) is 13.5 Å². The first-order valence-electron chi connectivity index (χ1n) is 8.16. The van der Waals surface area contributed by atoms with Gasteiger partial charge < -0.3 is 15.4 Å². The molecule has 3 aromatic rings. The van der Waals surface area contributed by atoms with E-state index >= 15 is 0 Å². The molecule has 2 aromatic carbocycles. The maximum absolute atomic E-state index is 11.4. The first-order chi connectivity index (χ1) is 12.6. The van der Waals surface area contributed by atoms with Crippen molar-refractivity contribution >= 4 is 28.1 Å². The SMILES string of the molecule is CCNc1cc2ncnc(NCc3cccc(OC)c3)c2cc1[N+](=O)[O-]. The third kappa shape index (κ3) is 3.64. The van der Waals surface area contributed by atoms with Crippen LogP contribution >= 0.6 is 0 Å². The molecule has 8 heteroatoms. The second-order valence-corrected chi connectivity index (χ2v) is 5.60. The molecule has 1 heterocycles. The lowest BCUT2D eigenvalue weighted by Crippen LogP contribution is -2.05. The lowest BCUT2D eigenvalue weighted by Gasteiger charge is -2.11. The highest BCUT2D eigenvalue weighted by Crippen LogP contribution is 2.32. The van der Waals surface area contributed by atoms with Crippen LogP contribution in [0.25, 0.3) is 10.9 Å². The molecule has 0 radical (unpaired) electrons. The summed E-state index contributed by atoms with van der Waals surface area (Å²) >= 11 is 0. The largest absolute Gasteiger partial charge is 0.497 e. The summed E-state index contributed by atoms with van der Waals surface area (Å²) in [6.45, 7) is 2.97. The Kier molecular flexibility index (Phi) is 5.12. The Morgan fingerprint density at radius 2 is 2.04 bits per heavy atom. The zero-order valence-electron chi connectivity index (χ0n) is 14.5. The molecule has 0 fully saturated rings. The minimum absolute atomic E-state index is 0.00131. The average molecular weight is 353 g/mol. The van der Waals surface area contributed by atoms with Gasteiger partial charge in [-0.1, -0.05) is 12.1 Å². The van der Waals surface area contributed by atoms with E-state index in [0.29, 0.717) is 35.5 Å². The molecule has 3 rings (SSSR count). The lowest BCUT2D eigenvalue weighted by molar-refractivity contribution is -0.383. The Labute approximate surface area is 150 Å². The molecule has 8 nitrogen and oxygen atoms in total. The number of methoxy groups -OCH3 is 1. The predicted octanol–water partition coefficient (Wildman–Crippen LogP) is 3.59. The van der Waals surface area contributed by atoms with Gasteiger partial charge in [-0.15, -0.1) is 0 Å².